The van der Waals surface area contributed by atoms with Gasteiger partial charge >= 0.3 is 5.97 Å². The molecule has 0 bridgehead atoms. The Hall–Kier alpha value is -3.30. The number of aryl methyl sites for hydroxylation is 1. The van der Waals surface area contributed by atoms with Crippen LogP contribution in [0.15, 0.2) is 30.5 Å². The Morgan fingerprint density at radius 1 is 1.24 bits per heavy atom. The molecule has 176 valence electrons. The van der Waals surface area contributed by atoms with Crippen LogP contribution < -0.4 is 0 Å². The summed E-state index contributed by atoms with van der Waals surface area (Å²) in [5.41, 5.74) is 5.91. The van der Waals surface area contributed by atoms with Crippen LogP contribution in [0.5, 0.6) is 0 Å². The molecule has 6 rings (SSSR count). The summed E-state index contributed by atoms with van der Waals surface area (Å²) in [7, 11) is 0. The third-order valence-electron chi connectivity index (χ3n) is 7.11. The van der Waals surface area contributed by atoms with Crippen LogP contribution in [0.2, 0.25) is 0 Å². The van der Waals surface area contributed by atoms with Crippen molar-refractivity contribution in [1.82, 2.24) is 19.7 Å². The molecule has 0 radical (unpaired) electrons. The standard InChI is InChI=1S/C25H25FN4O4/c1-13-8-17(2-3-18(13)26)30-19-9-15-11-27-29-24(15)28-22(19)21(16-10-20(25(31)32)34-12-16)23(30)14-4-6-33-7-5-14/h2-3,8-9,11,14,16,20H,4-7,10,12H2,1H3,(H,31,32)(H,27,28,29)/t16-,20+/m0/s1. The second kappa shape index (κ2) is 8.18. The van der Waals surface area contributed by atoms with Gasteiger partial charge in [0.25, 0.3) is 0 Å². The van der Waals surface area contributed by atoms with Crippen LogP contribution in [-0.2, 0) is 14.3 Å². The average molecular weight is 464 g/mol. The van der Waals surface area contributed by atoms with Crippen LogP contribution in [0.4, 0.5) is 4.39 Å². The van der Waals surface area contributed by atoms with Crippen LogP contribution in [0.25, 0.3) is 27.8 Å². The molecule has 0 aliphatic carbocycles. The van der Waals surface area contributed by atoms with Crippen LogP contribution in [0, 0.1) is 12.7 Å². The monoisotopic (exact) mass is 464 g/mol. The number of carboxylic acid groups (broad SMARTS) is 1. The lowest BCUT2D eigenvalue weighted by molar-refractivity contribution is -0.147. The van der Waals surface area contributed by atoms with Gasteiger partial charge in [0.05, 0.1) is 23.8 Å². The van der Waals surface area contributed by atoms with Crippen molar-refractivity contribution in [2.75, 3.05) is 19.8 Å². The molecule has 2 aliphatic heterocycles. The maximum absolute atomic E-state index is 14.2. The summed E-state index contributed by atoms with van der Waals surface area (Å²) < 4.78 is 27.7. The highest BCUT2D eigenvalue weighted by Gasteiger charge is 2.38. The quantitative estimate of drug-likeness (QED) is 0.469. The van der Waals surface area contributed by atoms with Gasteiger partial charge in [0.15, 0.2) is 11.8 Å². The smallest absolute Gasteiger partial charge is 0.332 e. The highest BCUT2D eigenvalue weighted by atomic mass is 19.1. The average Bonchev–Trinajstić information content (AvgIpc) is 3.56. The predicted molar refractivity (Wildman–Crippen MR) is 123 cm³/mol. The molecule has 34 heavy (non-hydrogen) atoms. The summed E-state index contributed by atoms with van der Waals surface area (Å²) in [6.07, 6.45) is 2.98. The van der Waals surface area contributed by atoms with E-state index in [2.05, 4.69) is 20.8 Å². The molecule has 4 aromatic rings. The van der Waals surface area contributed by atoms with Gasteiger partial charge in [-0.05, 0) is 56.0 Å². The number of H-pyrrole nitrogens is 1. The van der Waals surface area contributed by atoms with Crippen molar-refractivity contribution in [3.05, 3.63) is 53.1 Å². The van der Waals surface area contributed by atoms with Gasteiger partial charge in [-0.25, -0.2) is 14.2 Å². The minimum absolute atomic E-state index is 0.114. The minimum atomic E-state index is -0.947. The fourth-order valence-electron chi connectivity index (χ4n) is 5.43. The van der Waals surface area contributed by atoms with E-state index >= 15 is 0 Å². The third-order valence-corrected chi connectivity index (χ3v) is 7.11. The molecule has 1 aromatic carbocycles. The zero-order chi connectivity index (χ0) is 23.4. The number of fused-ring (bicyclic) bond motifs is 2. The highest BCUT2D eigenvalue weighted by molar-refractivity contribution is 5.94. The Labute approximate surface area is 194 Å². The second-order valence-corrected chi connectivity index (χ2v) is 9.21. The molecule has 0 amide bonds. The molecule has 3 aromatic heterocycles. The molecule has 2 fully saturated rings. The van der Waals surface area contributed by atoms with E-state index in [4.69, 9.17) is 14.5 Å². The molecule has 0 saturated carbocycles. The van der Waals surface area contributed by atoms with Gasteiger partial charge in [-0.1, -0.05) is 0 Å². The number of halogens is 1. The van der Waals surface area contributed by atoms with Crippen LogP contribution in [-0.4, -0.2) is 56.7 Å². The van der Waals surface area contributed by atoms with Gasteiger partial charge < -0.3 is 19.1 Å². The van der Waals surface area contributed by atoms with E-state index in [1.807, 2.05) is 6.07 Å². The lowest BCUT2D eigenvalue weighted by Gasteiger charge is -2.26. The number of hydrogen-bond acceptors (Lipinski definition) is 5. The summed E-state index contributed by atoms with van der Waals surface area (Å²) in [6.45, 7) is 3.39. The number of rotatable bonds is 4. The number of carboxylic acids is 1. The molecule has 8 nitrogen and oxygen atoms in total. The van der Waals surface area contributed by atoms with Crippen LogP contribution in [0.3, 0.4) is 0 Å². The number of aromatic amines is 1. The third kappa shape index (κ3) is 3.38. The largest absolute Gasteiger partial charge is 0.479 e. The summed E-state index contributed by atoms with van der Waals surface area (Å²) in [5.74, 6) is -1.12. The molecule has 2 atom stereocenters. The maximum atomic E-state index is 14.2. The molecule has 2 saturated heterocycles. The van der Waals surface area contributed by atoms with E-state index in [1.54, 1.807) is 19.2 Å². The Bertz CT molecular complexity index is 1410. The number of aromatic nitrogens is 4. The van der Waals surface area contributed by atoms with Crippen LogP contribution in [0.1, 0.15) is 47.9 Å². The molecule has 0 unspecified atom stereocenters. The second-order valence-electron chi connectivity index (χ2n) is 9.21. The lowest BCUT2D eigenvalue weighted by atomic mass is 9.87. The van der Waals surface area contributed by atoms with Crippen molar-refractivity contribution in [2.45, 2.75) is 44.1 Å². The Balaban J connectivity index is 1.66. The number of carbonyl (C=O) groups is 1. The fraction of sp³-hybridized carbons (Fsp3) is 0.400. The van der Waals surface area contributed by atoms with Crippen molar-refractivity contribution < 1.29 is 23.8 Å². The first-order valence-electron chi connectivity index (χ1n) is 11.6. The predicted octanol–water partition coefficient (Wildman–Crippen LogP) is 4.20. The molecule has 0 spiro atoms. The number of pyridine rings is 1. The number of hydrogen-bond donors (Lipinski definition) is 2. The van der Waals surface area contributed by atoms with Crippen molar-refractivity contribution >= 4 is 28.0 Å². The van der Waals surface area contributed by atoms with Crippen molar-refractivity contribution in [1.29, 1.82) is 0 Å². The minimum Gasteiger partial charge on any atom is -0.479 e. The molecular formula is C25H25FN4O4. The van der Waals surface area contributed by atoms with E-state index in [1.165, 1.54) is 6.07 Å². The first kappa shape index (κ1) is 21.2. The number of nitrogens with one attached hydrogen (secondary N) is 1. The number of benzene rings is 1. The van der Waals surface area contributed by atoms with Gasteiger partial charge in [-0.15, -0.1) is 0 Å². The Morgan fingerprint density at radius 2 is 2.06 bits per heavy atom. The SMILES string of the molecule is Cc1cc(-n2c(C3CCOCC3)c([C@@H]3CO[C@@H](C(=O)O)C3)c3nc4[nH]ncc4cc32)ccc1F. The first-order valence-corrected chi connectivity index (χ1v) is 11.6. The first-order chi connectivity index (χ1) is 16.5. The number of aliphatic carboxylic acids is 1. The summed E-state index contributed by atoms with van der Waals surface area (Å²) in [5, 5.41) is 17.5. The zero-order valence-electron chi connectivity index (χ0n) is 18.8. The van der Waals surface area contributed by atoms with E-state index < -0.39 is 12.1 Å². The molecule has 2 aliphatic rings. The van der Waals surface area contributed by atoms with Gasteiger partial charge in [0.1, 0.15) is 5.82 Å². The van der Waals surface area contributed by atoms with E-state index in [9.17, 15) is 14.3 Å². The van der Waals surface area contributed by atoms with Gasteiger partial charge in [-0.3, -0.25) is 5.10 Å². The highest BCUT2D eigenvalue weighted by Crippen LogP contribution is 2.44. The maximum Gasteiger partial charge on any atom is 0.332 e. The number of nitrogens with zero attached hydrogens (tertiary/aromatic N) is 3. The van der Waals surface area contributed by atoms with Crippen molar-refractivity contribution in [3.63, 3.8) is 0 Å². The fourth-order valence-corrected chi connectivity index (χ4v) is 5.43. The number of ether oxygens (including phenoxy) is 2. The Morgan fingerprint density at radius 3 is 2.79 bits per heavy atom. The zero-order valence-corrected chi connectivity index (χ0v) is 18.8. The van der Waals surface area contributed by atoms with Crippen molar-refractivity contribution in [3.8, 4) is 5.69 Å². The topological polar surface area (TPSA) is 102 Å². The molecule has 9 heteroatoms. The Kier molecular flexibility index (Phi) is 5.11. The van der Waals surface area contributed by atoms with Gasteiger partial charge in [0, 0.05) is 47.4 Å². The summed E-state index contributed by atoms with van der Waals surface area (Å²) >= 11 is 0. The van der Waals surface area contributed by atoms with Gasteiger partial charge in [-0.2, -0.15) is 5.10 Å². The normalized spacial score (nSPS) is 21.6. The van der Waals surface area contributed by atoms with E-state index in [0.29, 0.717) is 37.5 Å². The lowest BCUT2D eigenvalue weighted by Crippen LogP contribution is -2.20. The van der Waals surface area contributed by atoms with Crippen molar-refractivity contribution in [2.24, 2.45) is 0 Å². The molecular weight excluding hydrogens is 439 g/mol. The van der Waals surface area contributed by atoms with Crippen LogP contribution >= 0.6 is 0 Å². The summed E-state index contributed by atoms with van der Waals surface area (Å²) in [4.78, 5) is 16.6. The van der Waals surface area contributed by atoms with E-state index in [-0.39, 0.29) is 17.7 Å². The molecule has 2 N–H and O–H groups in total. The van der Waals surface area contributed by atoms with E-state index in [0.717, 1.165) is 46.2 Å². The summed E-state index contributed by atoms with van der Waals surface area (Å²) in [6, 6.07) is 7.19. The molecule has 5 heterocycles. The van der Waals surface area contributed by atoms with Gasteiger partial charge in [0.2, 0.25) is 0 Å².